The number of carbonyl (C=O) groups is 1. The SMILES string of the molecule is COc1cccc(NC(=O)CN2CCC(NCC3CC3)CC2)c1. The number of anilines is 1. The summed E-state index contributed by atoms with van der Waals surface area (Å²) in [6.45, 7) is 3.63. The van der Waals surface area contributed by atoms with Gasteiger partial charge in [0.1, 0.15) is 5.75 Å². The molecule has 1 saturated heterocycles. The zero-order valence-electron chi connectivity index (χ0n) is 13.9. The second kappa shape index (κ2) is 7.79. The largest absolute Gasteiger partial charge is 0.497 e. The molecule has 2 fully saturated rings. The minimum absolute atomic E-state index is 0.0441. The molecule has 0 aromatic heterocycles. The van der Waals surface area contributed by atoms with Crippen molar-refractivity contribution in [1.82, 2.24) is 10.2 Å². The fourth-order valence-corrected chi connectivity index (χ4v) is 3.05. The van der Waals surface area contributed by atoms with Crippen LogP contribution in [0.2, 0.25) is 0 Å². The minimum Gasteiger partial charge on any atom is -0.497 e. The molecule has 1 heterocycles. The van der Waals surface area contributed by atoms with Gasteiger partial charge in [-0.2, -0.15) is 0 Å². The predicted octanol–water partition coefficient (Wildman–Crippen LogP) is 2.10. The summed E-state index contributed by atoms with van der Waals surface area (Å²) in [6.07, 6.45) is 5.07. The normalized spacial score (nSPS) is 19.5. The molecule has 1 aliphatic heterocycles. The highest BCUT2D eigenvalue weighted by Gasteiger charge is 2.24. The number of methoxy groups -OCH3 is 1. The number of carbonyl (C=O) groups excluding carboxylic acids is 1. The standard InChI is InChI=1S/C18H27N3O2/c1-23-17-4-2-3-16(11-17)20-18(22)13-21-9-7-15(8-10-21)19-12-14-5-6-14/h2-4,11,14-15,19H,5-10,12-13H2,1H3,(H,20,22). The minimum atomic E-state index is 0.0441. The van der Waals surface area contributed by atoms with Crippen LogP contribution in [0.5, 0.6) is 5.75 Å². The highest BCUT2D eigenvalue weighted by atomic mass is 16.5. The average Bonchev–Trinajstić information content (AvgIpc) is 3.38. The Labute approximate surface area is 138 Å². The van der Waals surface area contributed by atoms with Crippen molar-refractivity contribution in [3.8, 4) is 5.75 Å². The van der Waals surface area contributed by atoms with Crippen LogP contribution in [-0.4, -0.2) is 50.1 Å². The van der Waals surface area contributed by atoms with E-state index in [-0.39, 0.29) is 5.91 Å². The summed E-state index contributed by atoms with van der Waals surface area (Å²) in [5, 5.41) is 6.62. The van der Waals surface area contributed by atoms with Gasteiger partial charge in [-0.25, -0.2) is 0 Å². The quantitative estimate of drug-likeness (QED) is 0.809. The fraction of sp³-hybridized carbons (Fsp3) is 0.611. The molecule has 1 aliphatic carbocycles. The summed E-state index contributed by atoms with van der Waals surface area (Å²) in [6, 6.07) is 8.11. The highest BCUT2D eigenvalue weighted by molar-refractivity contribution is 5.92. The van der Waals surface area contributed by atoms with Crippen LogP contribution in [0.1, 0.15) is 25.7 Å². The van der Waals surface area contributed by atoms with Gasteiger partial charge >= 0.3 is 0 Å². The van der Waals surface area contributed by atoms with Gasteiger partial charge in [-0.05, 0) is 50.3 Å². The van der Waals surface area contributed by atoms with Gasteiger partial charge in [-0.3, -0.25) is 9.69 Å². The zero-order chi connectivity index (χ0) is 16.1. The first-order valence-electron chi connectivity index (χ1n) is 8.62. The molecule has 0 radical (unpaired) electrons. The number of amides is 1. The molecule has 0 unspecified atom stereocenters. The Morgan fingerprint density at radius 2 is 2.04 bits per heavy atom. The Balaban J connectivity index is 1.38. The van der Waals surface area contributed by atoms with E-state index < -0.39 is 0 Å². The number of ether oxygens (including phenoxy) is 1. The maximum atomic E-state index is 12.2. The van der Waals surface area contributed by atoms with Crippen molar-refractivity contribution in [2.75, 3.05) is 38.6 Å². The summed E-state index contributed by atoms with van der Waals surface area (Å²) in [5.41, 5.74) is 0.787. The molecule has 2 N–H and O–H groups in total. The van der Waals surface area contributed by atoms with Crippen LogP contribution in [-0.2, 0) is 4.79 Å². The Hall–Kier alpha value is -1.59. The molecule has 2 aliphatic rings. The molecule has 0 spiro atoms. The number of piperidine rings is 1. The Bertz CT molecular complexity index is 523. The number of benzene rings is 1. The van der Waals surface area contributed by atoms with E-state index in [9.17, 15) is 4.79 Å². The van der Waals surface area contributed by atoms with Gasteiger partial charge < -0.3 is 15.4 Å². The third kappa shape index (κ3) is 5.22. The first-order valence-corrected chi connectivity index (χ1v) is 8.62. The van der Waals surface area contributed by atoms with E-state index in [1.165, 1.54) is 19.4 Å². The lowest BCUT2D eigenvalue weighted by Crippen LogP contribution is -2.45. The number of rotatable bonds is 7. The molecule has 5 nitrogen and oxygen atoms in total. The van der Waals surface area contributed by atoms with Crippen molar-refractivity contribution in [1.29, 1.82) is 0 Å². The Kier molecular flexibility index (Phi) is 5.51. The van der Waals surface area contributed by atoms with Crippen molar-refractivity contribution >= 4 is 11.6 Å². The number of hydrogen-bond donors (Lipinski definition) is 2. The van der Waals surface area contributed by atoms with Crippen LogP contribution >= 0.6 is 0 Å². The summed E-state index contributed by atoms with van der Waals surface area (Å²) in [7, 11) is 1.63. The summed E-state index contributed by atoms with van der Waals surface area (Å²) >= 11 is 0. The molecule has 0 atom stereocenters. The van der Waals surface area contributed by atoms with Crippen LogP contribution in [0.15, 0.2) is 24.3 Å². The topological polar surface area (TPSA) is 53.6 Å². The second-order valence-corrected chi connectivity index (χ2v) is 6.68. The molecule has 1 aromatic rings. The van der Waals surface area contributed by atoms with Crippen molar-refractivity contribution in [2.45, 2.75) is 31.7 Å². The van der Waals surface area contributed by atoms with Gasteiger partial charge in [0.15, 0.2) is 0 Å². The van der Waals surface area contributed by atoms with Crippen molar-refractivity contribution in [3.05, 3.63) is 24.3 Å². The molecule has 5 heteroatoms. The number of nitrogens with one attached hydrogen (secondary N) is 2. The van der Waals surface area contributed by atoms with Crippen LogP contribution in [0, 0.1) is 5.92 Å². The third-order valence-corrected chi connectivity index (χ3v) is 4.70. The molecular formula is C18H27N3O2. The zero-order valence-corrected chi connectivity index (χ0v) is 13.9. The summed E-state index contributed by atoms with van der Waals surface area (Å²) in [4.78, 5) is 14.4. The van der Waals surface area contributed by atoms with Crippen LogP contribution < -0.4 is 15.4 Å². The summed E-state index contributed by atoms with van der Waals surface area (Å²) < 4.78 is 5.17. The monoisotopic (exact) mass is 317 g/mol. The van der Waals surface area contributed by atoms with Crippen molar-refractivity contribution in [2.24, 2.45) is 5.92 Å². The van der Waals surface area contributed by atoms with Gasteiger partial charge in [-0.1, -0.05) is 6.07 Å². The van der Waals surface area contributed by atoms with E-state index >= 15 is 0 Å². The smallest absolute Gasteiger partial charge is 0.238 e. The molecule has 3 rings (SSSR count). The van der Waals surface area contributed by atoms with Gasteiger partial charge in [0.25, 0.3) is 0 Å². The van der Waals surface area contributed by atoms with Crippen molar-refractivity contribution < 1.29 is 9.53 Å². The molecule has 23 heavy (non-hydrogen) atoms. The number of hydrogen-bond acceptors (Lipinski definition) is 4. The van der Waals surface area contributed by atoms with E-state index in [0.29, 0.717) is 12.6 Å². The van der Waals surface area contributed by atoms with Crippen molar-refractivity contribution in [3.63, 3.8) is 0 Å². The molecule has 1 amide bonds. The molecule has 0 bridgehead atoms. The number of nitrogens with zero attached hydrogens (tertiary/aromatic N) is 1. The lowest BCUT2D eigenvalue weighted by molar-refractivity contribution is -0.117. The van der Waals surface area contributed by atoms with E-state index in [1.54, 1.807) is 7.11 Å². The van der Waals surface area contributed by atoms with Gasteiger partial charge in [0.2, 0.25) is 5.91 Å². The maximum Gasteiger partial charge on any atom is 0.238 e. The lowest BCUT2D eigenvalue weighted by Gasteiger charge is -2.32. The van der Waals surface area contributed by atoms with E-state index in [4.69, 9.17) is 4.74 Å². The molecular weight excluding hydrogens is 290 g/mol. The van der Waals surface area contributed by atoms with E-state index in [2.05, 4.69) is 15.5 Å². The number of likely N-dealkylation sites (tertiary alicyclic amines) is 1. The van der Waals surface area contributed by atoms with Gasteiger partial charge in [-0.15, -0.1) is 0 Å². The Morgan fingerprint density at radius 1 is 1.26 bits per heavy atom. The molecule has 1 saturated carbocycles. The fourth-order valence-electron chi connectivity index (χ4n) is 3.05. The first kappa shape index (κ1) is 16.3. The van der Waals surface area contributed by atoms with Gasteiger partial charge in [0.05, 0.1) is 13.7 Å². The van der Waals surface area contributed by atoms with E-state index in [0.717, 1.165) is 43.3 Å². The average molecular weight is 317 g/mol. The van der Waals surface area contributed by atoms with Crippen LogP contribution in [0.4, 0.5) is 5.69 Å². The second-order valence-electron chi connectivity index (χ2n) is 6.68. The first-order chi connectivity index (χ1) is 11.2. The summed E-state index contributed by atoms with van der Waals surface area (Å²) in [5.74, 6) is 1.73. The maximum absolute atomic E-state index is 12.2. The lowest BCUT2D eigenvalue weighted by atomic mass is 10.0. The van der Waals surface area contributed by atoms with Gasteiger partial charge in [0, 0.05) is 30.9 Å². The highest BCUT2D eigenvalue weighted by Crippen LogP contribution is 2.28. The molecule has 126 valence electrons. The van der Waals surface area contributed by atoms with E-state index in [1.807, 2.05) is 24.3 Å². The Morgan fingerprint density at radius 3 is 2.74 bits per heavy atom. The third-order valence-electron chi connectivity index (χ3n) is 4.70. The predicted molar refractivity (Wildman–Crippen MR) is 91.8 cm³/mol. The van der Waals surface area contributed by atoms with Crippen LogP contribution in [0.3, 0.4) is 0 Å². The molecule has 1 aromatic carbocycles. The van der Waals surface area contributed by atoms with Crippen LogP contribution in [0.25, 0.3) is 0 Å².